The number of rotatable bonds is 4. The molecule has 0 saturated carbocycles. The summed E-state index contributed by atoms with van der Waals surface area (Å²) in [6.45, 7) is 4.30. The van der Waals surface area contributed by atoms with Crippen molar-refractivity contribution in [2.75, 3.05) is 19.7 Å². The molecule has 0 unspecified atom stereocenters. The third kappa shape index (κ3) is 3.55. The Morgan fingerprint density at radius 2 is 2.05 bits per heavy atom. The number of phenolic OH excluding ortho intramolecular Hbond substituents is 1. The molecule has 0 spiro atoms. The average Bonchev–Trinajstić information content (AvgIpc) is 2.42. The highest BCUT2D eigenvalue weighted by molar-refractivity contribution is 5.94. The molecular weight excluding hydrogens is 242 g/mol. The Kier molecular flexibility index (Phi) is 4.56. The van der Waals surface area contributed by atoms with E-state index in [1.165, 1.54) is 6.92 Å². The van der Waals surface area contributed by atoms with Gasteiger partial charge in [0.1, 0.15) is 5.75 Å². The van der Waals surface area contributed by atoms with Gasteiger partial charge in [-0.1, -0.05) is 0 Å². The van der Waals surface area contributed by atoms with E-state index in [1.807, 2.05) is 0 Å². The highest BCUT2D eigenvalue weighted by Crippen LogP contribution is 2.24. The number of benzene rings is 1. The van der Waals surface area contributed by atoms with E-state index in [0.29, 0.717) is 18.0 Å². The standard InChI is InChI=1S/C15H21NO3/c1-11(18)13-2-3-15(19)14(8-13)9-16-6-4-12(10-17)5-7-16/h2-3,8,12,17,19H,4-7,9-10H2,1H3. The molecule has 1 aromatic carbocycles. The second-order valence-electron chi connectivity index (χ2n) is 5.30. The first-order valence-electron chi connectivity index (χ1n) is 6.76. The van der Waals surface area contributed by atoms with Gasteiger partial charge < -0.3 is 10.2 Å². The fourth-order valence-corrected chi connectivity index (χ4v) is 2.50. The summed E-state index contributed by atoms with van der Waals surface area (Å²) in [6.07, 6.45) is 1.98. The summed E-state index contributed by atoms with van der Waals surface area (Å²) in [5.74, 6) is 0.669. The maximum Gasteiger partial charge on any atom is 0.159 e. The smallest absolute Gasteiger partial charge is 0.159 e. The van der Waals surface area contributed by atoms with Crippen molar-refractivity contribution < 1.29 is 15.0 Å². The summed E-state index contributed by atoms with van der Waals surface area (Å²) in [4.78, 5) is 13.6. The topological polar surface area (TPSA) is 60.8 Å². The number of aliphatic hydroxyl groups excluding tert-OH is 1. The molecule has 0 bridgehead atoms. The van der Waals surface area contributed by atoms with Crippen molar-refractivity contribution in [3.63, 3.8) is 0 Å². The van der Waals surface area contributed by atoms with Crippen LogP contribution in [0.15, 0.2) is 18.2 Å². The van der Waals surface area contributed by atoms with Crippen LogP contribution in [-0.2, 0) is 6.54 Å². The number of likely N-dealkylation sites (tertiary alicyclic amines) is 1. The van der Waals surface area contributed by atoms with E-state index in [2.05, 4.69) is 4.90 Å². The lowest BCUT2D eigenvalue weighted by Crippen LogP contribution is -2.34. The van der Waals surface area contributed by atoms with Gasteiger partial charge in [0.05, 0.1) is 0 Å². The van der Waals surface area contributed by atoms with Gasteiger partial charge in [-0.15, -0.1) is 0 Å². The number of carbonyl (C=O) groups excluding carboxylic acids is 1. The SMILES string of the molecule is CC(=O)c1ccc(O)c(CN2CCC(CO)CC2)c1. The molecule has 1 heterocycles. The van der Waals surface area contributed by atoms with Crippen molar-refractivity contribution in [1.29, 1.82) is 0 Å². The van der Waals surface area contributed by atoms with Crippen molar-refractivity contribution in [2.24, 2.45) is 5.92 Å². The van der Waals surface area contributed by atoms with Crippen LogP contribution in [0.25, 0.3) is 0 Å². The number of aromatic hydroxyl groups is 1. The molecule has 19 heavy (non-hydrogen) atoms. The van der Waals surface area contributed by atoms with Crippen molar-refractivity contribution in [1.82, 2.24) is 4.90 Å². The van der Waals surface area contributed by atoms with E-state index in [0.717, 1.165) is 31.5 Å². The van der Waals surface area contributed by atoms with Gasteiger partial charge in [0.25, 0.3) is 0 Å². The molecule has 2 N–H and O–H groups in total. The molecule has 0 aliphatic carbocycles. The second-order valence-corrected chi connectivity index (χ2v) is 5.30. The largest absolute Gasteiger partial charge is 0.508 e. The molecule has 1 aliphatic rings. The molecule has 1 saturated heterocycles. The maximum absolute atomic E-state index is 11.4. The quantitative estimate of drug-likeness (QED) is 0.813. The first kappa shape index (κ1) is 14.0. The molecule has 4 heteroatoms. The van der Waals surface area contributed by atoms with Crippen molar-refractivity contribution in [3.05, 3.63) is 29.3 Å². The predicted molar refractivity (Wildman–Crippen MR) is 73.2 cm³/mol. The van der Waals surface area contributed by atoms with Crippen LogP contribution < -0.4 is 0 Å². The summed E-state index contributed by atoms with van der Waals surface area (Å²) in [5, 5.41) is 19.0. The normalized spacial score (nSPS) is 17.6. The number of aliphatic hydroxyl groups is 1. The van der Waals surface area contributed by atoms with Crippen molar-refractivity contribution in [3.8, 4) is 5.75 Å². The van der Waals surface area contributed by atoms with Gasteiger partial charge in [0.2, 0.25) is 0 Å². The van der Waals surface area contributed by atoms with E-state index in [4.69, 9.17) is 5.11 Å². The third-order valence-electron chi connectivity index (χ3n) is 3.85. The van der Waals surface area contributed by atoms with E-state index in [-0.39, 0.29) is 18.1 Å². The summed E-state index contributed by atoms with van der Waals surface area (Å²) >= 11 is 0. The molecule has 1 aromatic rings. The fraction of sp³-hybridized carbons (Fsp3) is 0.533. The molecular formula is C15H21NO3. The van der Waals surface area contributed by atoms with Crippen LogP contribution >= 0.6 is 0 Å². The summed E-state index contributed by atoms with van der Waals surface area (Å²) < 4.78 is 0. The fourth-order valence-electron chi connectivity index (χ4n) is 2.50. The van der Waals surface area contributed by atoms with Gasteiger partial charge >= 0.3 is 0 Å². The summed E-state index contributed by atoms with van der Waals surface area (Å²) in [7, 11) is 0. The molecule has 2 rings (SSSR count). The molecule has 0 radical (unpaired) electrons. The molecule has 0 atom stereocenters. The van der Waals surface area contributed by atoms with Crippen molar-refractivity contribution in [2.45, 2.75) is 26.3 Å². The van der Waals surface area contributed by atoms with Gasteiger partial charge in [-0.2, -0.15) is 0 Å². The highest BCUT2D eigenvalue weighted by atomic mass is 16.3. The monoisotopic (exact) mass is 263 g/mol. The van der Waals surface area contributed by atoms with E-state index in [1.54, 1.807) is 18.2 Å². The zero-order chi connectivity index (χ0) is 13.8. The average molecular weight is 263 g/mol. The van der Waals surface area contributed by atoms with E-state index < -0.39 is 0 Å². The zero-order valence-corrected chi connectivity index (χ0v) is 11.3. The molecule has 0 amide bonds. The van der Waals surface area contributed by atoms with Crippen LogP contribution in [-0.4, -0.2) is 40.6 Å². The van der Waals surface area contributed by atoms with Crippen LogP contribution in [0.1, 0.15) is 35.7 Å². The lowest BCUT2D eigenvalue weighted by molar-refractivity contribution is 0.101. The Labute approximate surface area is 113 Å². The molecule has 104 valence electrons. The Balaban J connectivity index is 2.03. The number of carbonyl (C=O) groups is 1. The van der Waals surface area contributed by atoms with Crippen LogP contribution in [0.4, 0.5) is 0 Å². The number of hydrogen-bond acceptors (Lipinski definition) is 4. The van der Waals surface area contributed by atoms with Gasteiger partial charge in [-0.25, -0.2) is 0 Å². The van der Waals surface area contributed by atoms with Crippen LogP contribution in [0.3, 0.4) is 0 Å². The summed E-state index contributed by atoms with van der Waals surface area (Å²) in [5.41, 5.74) is 1.44. The molecule has 1 fully saturated rings. The second kappa shape index (κ2) is 6.17. The molecule has 0 aromatic heterocycles. The first-order valence-corrected chi connectivity index (χ1v) is 6.76. The lowest BCUT2D eigenvalue weighted by atomic mass is 9.97. The number of phenols is 1. The maximum atomic E-state index is 11.4. The molecule has 1 aliphatic heterocycles. The highest BCUT2D eigenvalue weighted by Gasteiger charge is 2.19. The minimum absolute atomic E-state index is 0.0141. The number of hydrogen-bond donors (Lipinski definition) is 2. The number of Topliss-reactive ketones (excluding diaryl/α,β-unsaturated/α-hetero) is 1. The Bertz CT molecular complexity index is 451. The van der Waals surface area contributed by atoms with E-state index in [9.17, 15) is 9.90 Å². The lowest BCUT2D eigenvalue weighted by Gasteiger charge is -2.31. The van der Waals surface area contributed by atoms with Gasteiger partial charge in [0, 0.05) is 24.3 Å². The number of nitrogens with zero attached hydrogens (tertiary/aromatic N) is 1. The minimum Gasteiger partial charge on any atom is -0.508 e. The van der Waals surface area contributed by atoms with Gasteiger partial charge in [-0.05, 0) is 57.0 Å². The zero-order valence-electron chi connectivity index (χ0n) is 11.3. The van der Waals surface area contributed by atoms with Crippen LogP contribution in [0.2, 0.25) is 0 Å². The van der Waals surface area contributed by atoms with E-state index >= 15 is 0 Å². The van der Waals surface area contributed by atoms with Crippen LogP contribution in [0, 0.1) is 5.92 Å². The van der Waals surface area contributed by atoms with Crippen LogP contribution in [0.5, 0.6) is 5.75 Å². The Morgan fingerprint density at radius 3 is 2.63 bits per heavy atom. The van der Waals surface area contributed by atoms with Crippen molar-refractivity contribution >= 4 is 5.78 Å². The van der Waals surface area contributed by atoms with Gasteiger partial charge in [0.15, 0.2) is 5.78 Å². The minimum atomic E-state index is 0.0141. The number of ketones is 1. The molecule has 4 nitrogen and oxygen atoms in total. The number of piperidine rings is 1. The Hall–Kier alpha value is -1.39. The Morgan fingerprint density at radius 1 is 1.37 bits per heavy atom. The van der Waals surface area contributed by atoms with Gasteiger partial charge in [-0.3, -0.25) is 9.69 Å². The summed E-state index contributed by atoms with van der Waals surface area (Å²) in [6, 6.07) is 5.02. The first-order chi connectivity index (χ1) is 9.10. The third-order valence-corrected chi connectivity index (χ3v) is 3.85. The predicted octanol–water partition coefficient (Wildman–Crippen LogP) is 1.80.